The fourth-order valence-electron chi connectivity index (χ4n) is 2.42. The number of hydrogen-bond acceptors (Lipinski definition) is 6. The third-order valence-corrected chi connectivity index (χ3v) is 3.39. The van der Waals surface area contributed by atoms with E-state index < -0.39 is 24.5 Å². The van der Waals surface area contributed by atoms with Crippen LogP contribution in [0.2, 0.25) is 0 Å². The largest absolute Gasteiger partial charge is 0.394 e. The zero-order valence-electron chi connectivity index (χ0n) is 10.0. The summed E-state index contributed by atoms with van der Waals surface area (Å²) in [6.07, 6.45) is -4.02. The summed E-state index contributed by atoms with van der Waals surface area (Å²) < 4.78 is 6.99. The summed E-state index contributed by atoms with van der Waals surface area (Å²) in [4.78, 5) is 4.17. The molecule has 0 amide bonds. The van der Waals surface area contributed by atoms with Gasteiger partial charge in [-0.15, -0.1) is 0 Å². The zero-order chi connectivity index (χ0) is 13.6. The number of rotatable bonds is 2. The van der Waals surface area contributed by atoms with Crippen LogP contribution in [0.25, 0.3) is 11.0 Å². The highest BCUT2D eigenvalue weighted by molar-refractivity contribution is 5.78. The molecule has 1 aliphatic heterocycles. The van der Waals surface area contributed by atoms with Gasteiger partial charge in [0.1, 0.15) is 18.3 Å². The van der Waals surface area contributed by atoms with Gasteiger partial charge in [0.25, 0.3) is 0 Å². The molecule has 2 aromatic rings. The van der Waals surface area contributed by atoms with Crippen LogP contribution in [0.5, 0.6) is 0 Å². The van der Waals surface area contributed by atoms with E-state index in [0.717, 1.165) is 0 Å². The van der Waals surface area contributed by atoms with E-state index in [2.05, 4.69) is 4.98 Å². The molecule has 0 spiro atoms. The van der Waals surface area contributed by atoms with Crippen molar-refractivity contribution in [3.8, 4) is 0 Å². The Balaban J connectivity index is 2.07. The lowest BCUT2D eigenvalue weighted by atomic mass is 10.1. The van der Waals surface area contributed by atoms with Crippen LogP contribution in [-0.2, 0) is 4.74 Å². The molecule has 1 saturated heterocycles. The normalized spacial score (nSPS) is 31.1. The highest BCUT2D eigenvalue weighted by atomic mass is 16.6. The van der Waals surface area contributed by atoms with Crippen LogP contribution in [0.3, 0.4) is 0 Å². The summed E-state index contributed by atoms with van der Waals surface area (Å²) in [5.41, 5.74) is 7.23. The number of anilines is 1. The number of ether oxygens (including phenoxy) is 1. The molecular formula is C12H15N3O4. The molecule has 1 aliphatic rings. The van der Waals surface area contributed by atoms with Crippen LogP contribution >= 0.6 is 0 Å². The Hall–Kier alpha value is -1.67. The first-order valence-corrected chi connectivity index (χ1v) is 5.98. The Morgan fingerprint density at radius 2 is 2.00 bits per heavy atom. The van der Waals surface area contributed by atoms with Gasteiger partial charge in [0.2, 0.25) is 5.95 Å². The van der Waals surface area contributed by atoms with Gasteiger partial charge in [0, 0.05) is 0 Å². The number of para-hydroxylation sites is 2. The second-order valence-corrected chi connectivity index (χ2v) is 4.56. The molecule has 1 fully saturated rings. The van der Waals surface area contributed by atoms with Crippen molar-refractivity contribution in [3.05, 3.63) is 24.3 Å². The molecule has 102 valence electrons. The third-order valence-electron chi connectivity index (χ3n) is 3.39. The summed E-state index contributed by atoms with van der Waals surface area (Å²) in [5, 5.41) is 28.9. The molecule has 0 saturated carbocycles. The van der Waals surface area contributed by atoms with Crippen molar-refractivity contribution in [1.29, 1.82) is 0 Å². The van der Waals surface area contributed by atoms with Gasteiger partial charge in [-0.25, -0.2) is 4.98 Å². The van der Waals surface area contributed by atoms with Crippen LogP contribution in [0.1, 0.15) is 6.23 Å². The van der Waals surface area contributed by atoms with E-state index in [-0.39, 0.29) is 12.6 Å². The first-order chi connectivity index (χ1) is 9.13. The summed E-state index contributed by atoms with van der Waals surface area (Å²) in [6.45, 7) is -0.374. The SMILES string of the molecule is Nc1nc2ccccc2n1[C@@H]1O[C@H](CO)[C@@H](O)[C@H]1O. The standard InChI is InChI=1S/C12H15N3O4/c13-12-14-6-3-1-2-4-7(6)15(12)11-10(18)9(17)8(5-16)19-11/h1-4,8-11,16-18H,5H2,(H2,13,14)/t8-,9-,10-,11-/m1/s1. The molecule has 0 aliphatic carbocycles. The van der Waals surface area contributed by atoms with Crippen molar-refractivity contribution in [2.45, 2.75) is 24.5 Å². The maximum atomic E-state index is 10.0. The monoisotopic (exact) mass is 265 g/mol. The molecule has 0 unspecified atom stereocenters. The third kappa shape index (κ3) is 1.79. The van der Waals surface area contributed by atoms with E-state index in [1.165, 1.54) is 4.57 Å². The van der Waals surface area contributed by atoms with Gasteiger partial charge in [0.15, 0.2) is 6.23 Å². The average molecular weight is 265 g/mol. The first kappa shape index (κ1) is 12.4. The van der Waals surface area contributed by atoms with Gasteiger partial charge in [-0.1, -0.05) is 12.1 Å². The smallest absolute Gasteiger partial charge is 0.203 e. The van der Waals surface area contributed by atoms with Gasteiger partial charge >= 0.3 is 0 Å². The lowest BCUT2D eigenvalue weighted by molar-refractivity contribution is -0.0498. The minimum atomic E-state index is -1.17. The van der Waals surface area contributed by atoms with Crippen molar-refractivity contribution in [2.24, 2.45) is 0 Å². The van der Waals surface area contributed by atoms with E-state index in [4.69, 9.17) is 15.6 Å². The minimum absolute atomic E-state index is 0.191. The van der Waals surface area contributed by atoms with Crippen LogP contribution in [0.15, 0.2) is 24.3 Å². The summed E-state index contributed by atoms with van der Waals surface area (Å²) in [5.74, 6) is 0.191. The molecule has 5 N–H and O–H groups in total. The molecule has 7 nitrogen and oxygen atoms in total. The molecule has 7 heteroatoms. The lowest BCUT2D eigenvalue weighted by Crippen LogP contribution is -2.33. The Morgan fingerprint density at radius 3 is 2.68 bits per heavy atom. The van der Waals surface area contributed by atoms with E-state index in [1.54, 1.807) is 12.1 Å². The van der Waals surface area contributed by atoms with Crippen molar-refractivity contribution >= 4 is 17.0 Å². The van der Waals surface area contributed by atoms with Crippen LogP contribution < -0.4 is 5.73 Å². The van der Waals surface area contributed by atoms with Crippen LogP contribution in [0.4, 0.5) is 5.95 Å². The number of benzene rings is 1. The Kier molecular flexibility index (Phi) is 2.90. The number of nitrogen functional groups attached to an aromatic ring is 1. The van der Waals surface area contributed by atoms with Gasteiger partial charge in [-0.3, -0.25) is 4.57 Å². The summed E-state index contributed by atoms with van der Waals surface area (Å²) >= 11 is 0. The Bertz CT molecular complexity index is 600. The fraction of sp³-hybridized carbons (Fsp3) is 0.417. The summed E-state index contributed by atoms with van der Waals surface area (Å²) in [7, 11) is 0. The van der Waals surface area contributed by atoms with Crippen molar-refractivity contribution < 1.29 is 20.1 Å². The number of aromatic nitrogens is 2. The predicted octanol–water partition coefficient (Wildman–Crippen LogP) is -0.770. The maximum Gasteiger partial charge on any atom is 0.203 e. The Labute approximate surface area is 108 Å². The number of nitrogens with two attached hydrogens (primary N) is 1. The van der Waals surface area contributed by atoms with E-state index in [9.17, 15) is 10.2 Å². The first-order valence-electron chi connectivity index (χ1n) is 5.98. The molecule has 0 bridgehead atoms. The highest BCUT2D eigenvalue weighted by Crippen LogP contribution is 2.33. The lowest BCUT2D eigenvalue weighted by Gasteiger charge is -2.18. The van der Waals surface area contributed by atoms with Crippen molar-refractivity contribution in [2.75, 3.05) is 12.3 Å². The fourth-order valence-corrected chi connectivity index (χ4v) is 2.42. The maximum absolute atomic E-state index is 10.0. The number of imidazole rings is 1. The molecule has 3 rings (SSSR count). The molecule has 2 heterocycles. The highest BCUT2D eigenvalue weighted by Gasteiger charge is 2.44. The second-order valence-electron chi connectivity index (χ2n) is 4.56. The van der Waals surface area contributed by atoms with Gasteiger partial charge < -0.3 is 25.8 Å². The second kappa shape index (κ2) is 4.46. The van der Waals surface area contributed by atoms with Crippen molar-refractivity contribution in [1.82, 2.24) is 9.55 Å². The predicted molar refractivity (Wildman–Crippen MR) is 67.2 cm³/mol. The van der Waals surface area contributed by atoms with Gasteiger partial charge in [0.05, 0.1) is 17.6 Å². The zero-order valence-corrected chi connectivity index (χ0v) is 10.0. The van der Waals surface area contributed by atoms with E-state index in [1.807, 2.05) is 12.1 Å². The average Bonchev–Trinajstić information content (AvgIpc) is 2.88. The number of aliphatic hydroxyl groups is 3. The molecule has 0 radical (unpaired) electrons. The van der Waals surface area contributed by atoms with Crippen LogP contribution in [-0.4, -0.2) is 49.8 Å². The molecule has 1 aromatic heterocycles. The molecule has 1 aromatic carbocycles. The number of hydrogen-bond donors (Lipinski definition) is 4. The van der Waals surface area contributed by atoms with E-state index >= 15 is 0 Å². The van der Waals surface area contributed by atoms with E-state index in [0.29, 0.717) is 11.0 Å². The quantitative estimate of drug-likeness (QED) is 0.567. The van der Waals surface area contributed by atoms with Gasteiger partial charge in [-0.05, 0) is 12.1 Å². The number of nitrogens with zero attached hydrogens (tertiary/aromatic N) is 2. The Morgan fingerprint density at radius 1 is 1.26 bits per heavy atom. The molecular weight excluding hydrogens is 250 g/mol. The van der Waals surface area contributed by atoms with Gasteiger partial charge in [-0.2, -0.15) is 0 Å². The summed E-state index contributed by atoms with van der Waals surface area (Å²) in [6, 6.07) is 7.24. The van der Waals surface area contributed by atoms with Crippen LogP contribution in [0, 0.1) is 0 Å². The topological polar surface area (TPSA) is 114 Å². The van der Waals surface area contributed by atoms with Crippen molar-refractivity contribution in [3.63, 3.8) is 0 Å². The molecule has 19 heavy (non-hydrogen) atoms. The number of aliphatic hydroxyl groups excluding tert-OH is 3. The minimum Gasteiger partial charge on any atom is -0.394 e. The number of fused-ring (bicyclic) bond motifs is 1. The molecule has 4 atom stereocenters.